The van der Waals surface area contributed by atoms with Gasteiger partial charge in [-0.15, -0.1) is 0 Å². The molecular formula is C22H21F4N3O2. The van der Waals surface area contributed by atoms with E-state index in [9.17, 15) is 22.4 Å². The highest BCUT2D eigenvalue weighted by molar-refractivity contribution is 5.79. The summed E-state index contributed by atoms with van der Waals surface area (Å²) < 4.78 is 57.5. The molecule has 0 unspecified atom stereocenters. The number of hydrogen-bond donors (Lipinski definition) is 1. The van der Waals surface area contributed by atoms with Crippen LogP contribution in [0.4, 0.5) is 17.6 Å². The fourth-order valence-corrected chi connectivity index (χ4v) is 3.97. The minimum absolute atomic E-state index is 0.0335. The van der Waals surface area contributed by atoms with Crippen LogP contribution >= 0.6 is 0 Å². The molecule has 1 amide bonds. The van der Waals surface area contributed by atoms with Gasteiger partial charge in [-0.1, -0.05) is 6.07 Å². The van der Waals surface area contributed by atoms with Gasteiger partial charge < -0.3 is 14.6 Å². The van der Waals surface area contributed by atoms with Crippen LogP contribution in [0, 0.1) is 5.82 Å². The van der Waals surface area contributed by atoms with Gasteiger partial charge in [0.15, 0.2) is 11.6 Å². The number of alkyl halides is 3. The van der Waals surface area contributed by atoms with E-state index in [1.165, 1.54) is 25.3 Å². The zero-order valence-corrected chi connectivity index (χ0v) is 16.8. The molecule has 9 heteroatoms. The van der Waals surface area contributed by atoms with Gasteiger partial charge in [0.1, 0.15) is 5.69 Å². The van der Waals surface area contributed by atoms with E-state index in [1.54, 1.807) is 17.0 Å². The fourth-order valence-electron chi connectivity index (χ4n) is 3.97. The van der Waals surface area contributed by atoms with Crippen molar-refractivity contribution in [1.82, 2.24) is 14.9 Å². The monoisotopic (exact) mass is 435 g/mol. The van der Waals surface area contributed by atoms with Crippen molar-refractivity contribution >= 4 is 16.9 Å². The van der Waals surface area contributed by atoms with Crippen molar-refractivity contribution in [2.45, 2.75) is 31.4 Å². The third-order valence-corrected chi connectivity index (χ3v) is 5.57. The van der Waals surface area contributed by atoms with Gasteiger partial charge in [0.25, 0.3) is 0 Å². The summed E-state index contributed by atoms with van der Waals surface area (Å²) in [5, 5.41) is 0. The number of halogens is 4. The lowest BCUT2D eigenvalue weighted by atomic mass is 9.94. The summed E-state index contributed by atoms with van der Waals surface area (Å²) >= 11 is 0. The molecule has 1 saturated heterocycles. The number of pyridine rings is 1. The molecule has 1 atom stereocenters. The van der Waals surface area contributed by atoms with Gasteiger partial charge in [0.05, 0.1) is 24.6 Å². The maximum atomic E-state index is 13.9. The van der Waals surface area contributed by atoms with Gasteiger partial charge in [0.2, 0.25) is 5.91 Å². The highest BCUT2D eigenvalue weighted by atomic mass is 19.4. The van der Waals surface area contributed by atoms with Gasteiger partial charge >= 0.3 is 6.18 Å². The molecule has 1 fully saturated rings. The van der Waals surface area contributed by atoms with Crippen LogP contribution in [0.1, 0.15) is 35.7 Å². The number of aromatic amines is 1. The number of piperidine rings is 1. The van der Waals surface area contributed by atoms with Gasteiger partial charge in [-0.25, -0.2) is 9.37 Å². The summed E-state index contributed by atoms with van der Waals surface area (Å²) in [7, 11) is 1.38. The van der Waals surface area contributed by atoms with E-state index in [1.807, 2.05) is 0 Å². The molecule has 0 aliphatic carbocycles. The number of rotatable bonds is 4. The Morgan fingerprint density at radius 2 is 2.06 bits per heavy atom. The molecule has 3 heterocycles. The number of H-pyrrole nitrogens is 1. The number of carbonyl (C=O) groups excluding carboxylic acids is 1. The highest BCUT2D eigenvalue weighted by Gasteiger charge is 2.33. The second-order valence-corrected chi connectivity index (χ2v) is 7.68. The van der Waals surface area contributed by atoms with Crippen LogP contribution in [0.5, 0.6) is 5.75 Å². The number of likely N-dealkylation sites (tertiary alicyclic amines) is 1. The molecule has 4 rings (SSSR count). The number of fused-ring (bicyclic) bond motifs is 1. The molecule has 1 aliphatic heterocycles. The Morgan fingerprint density at radius 1 is 1.26 bits per heavy atom. The molecule has 1 N–H and O–H groups in total. The third-order valence-electron chi connectivity index (χ3n) is 5.57. The summed E-state index contributed by atoms with van der Waals surface area (Å²) in [6, 6.07) is 8.39. The smallest absolute Gasteiger partial charge is 0.433 e. The largest absolute Gasteiger partial charge is 0.494 e. The zero-order valence-electron chi connectivity index (χ0n) is 16.8. The molecule has 2 aromatic heterocycles. The van der Waals surface area contributed by atoms with E-state index >= 15 is 0 Å². The first-order valence-electron chi connectivity index (χ1n) is 9.91. The Bertz CT molecular complexity index is 1110. The number of carbonyl (C=O) groups is 1. The van der Waals surface area contributed by atoms with Crippen molar-refractivity contribution in [3.05, 3.63) is 59.2 Å². The number of benzene rings is 1. The summed E-state index contributed by atoms with van der Waals surface area (Å²) in [5.74, 6) is -0.555. The standard InChI is InChI=1S/C22H21F4N3O2/c1-31-19-6-4-13(9-15(19)23)10-21(30)29-8-2-3-14(12-29)17-11-18-16(27-17)5-7-20(28-18)22(24,25)26/h4-7,9,11,14,27H,2-3,8,10,12H2,1H3/t14-/m1/s1. The van der Waals surface area contributed by atoms with Crippen LogP contribution in [-0.4, -0.2) is 41.0 Å². The molecule has 31 heavy (non-hydrogen) atoms. The Morgan fingerprint density at radius 3 is 2.77 bits per heavy atom. The summed E-state index contributed by atoms with van der Waals surface area (Å²) in [4.78, 5) is 21.3. The van der Waals surface area contributed by atoms with Crippen LogP contribution in [-0.2, 0) is 17.4 Å². The van der Waals surface area contributed by atoms with Crippen LogP contribution in [0.2, 0.25) is 0 Å². The van der Waals surface area contributed by atoms with E-state index in [2.05, 4.69) is 9.97 Å². The summed E-state index contributed by atoms with van der Waals surface area (Å²) in [6.07, 6.45) is -2.86. The minimum atomic E-state index is -4.50. The van der Waals surface area contributed by atoms with Crippen LogP contribution in [0.15, 0.2) is 36.4 Å². The minimum Gasteiger partial charge on any atom is -0.494 e. The molecule has 0 radical (unpaired) electrons. The van der Waals surface area contributed by atoms with Crippen molar-refractivity contribution < 1.29 is 27.1 Å². The number of nitrogens with zero attached hydrogens (tertiary/aromatic N) is 2. The Balaban J connectivity index is 1.48. The Labute approximate surface area is 176 Å². The fraction of sp³-hybridized carbons (Fsp3) is 0.364. The molecule has 0 spiro atoms. The number of ether oxygens (including phenoxy) is 1. The molecule has 5 nitrogen and oxygen atoms in total. The van der Waals surface area contributed by atoms with Gasteiger partial charge in [-0.3, -0.25) is 4.79 Å². The predicted octanol–water partition coefficient (Wildman–Crippen LogP) is 4.68. The Kier molecular flexibility index (Phi) is 5.60. The molecule has 1 aliphatic rings. The van der Waals surface area contributed by atoms with Crippen LogP contribution in [0.3, 0.4) is 0 Å². The van der Waals surface area contributed by atoms with Crippen LogP contribution < -0.4 is 4.74 Å². The van der Waals surface area contributed by atoms with E-state index < -0.39 is 17.7 Å². The molecule has 1 aromatic carbocycles. The van der Waals surface area contributed by atoms with Crippen molar-refractivity contribution in [3.8, 4) is 5.75 Å². The normalized spacial score (nSPS) is 17.2. The first kappa shape index (κ1) is 21.1. The summed E-state index contributed by atoms with van der Waals surface area (Å²) in [5.41, 5.74) is 1.16. The number of aromatic nitrogens is 2. The lowest BCUT2D eigenvalue weighted by molar-refractivity contribution is -0.141. The average Bonchev–Trinajstić information content (AvgIpc) is 3.17. The number of hydrogen-bond acceptors (Lipinski definition) is 3. The van der Waals surface area contributed by atoms with Crippen molar-refractivity contribution in [2.24, 2.45) is 0 Å². The quantitative estimate of drug-likeness (QED) is 0.606. The van der Waals surface area contributed by atoms with Crippen molar-refractivity contribution in [1.29, 1.82) is 0 Å². The van der Waals surface area contributed by atoms with E-state index in [4.69, 9.17) is 4.74 Å². The first-order valence-corrected chi connectivity index (χ1v) is 9.91. The van der Waals surface area contributed by atoms with Gasteiger partial charge in [-0.2, -0.15) is 13.2 Å². The molecule has 0 saturated carbocycles. The number of amides is 1. The van der Waals surface area contributed by atoms with E-state index in [-0.39, 0.29) is 29.5 Å². The number of methoxy groups -OCH3 is 1. The topological polar surface area (TPSA) is 58.2 Å². The first-order chi connectivity index (χ1) is 14.7. The molecule has 3 aromatic rings. The molecule has 164 valence electrons. The maximum absolute atomic E-state index is 13.9. The van der Waals surface area contributed by atoms with E-state index in [0.717, 1.165) is 24.6 Å². The number of nitrogens with one attached hydrogen (secondary N) is 1. The highest BCUT2D eigenvalue weighted by Crippen LogP contribution is 2.32. The second-order valence-electron chi connectivity index (χ2n) is 7.68. The van der Waals surface area contributed by atoms with Gasteiger partial charge in [-0.05, 0) is 48.7 Å². The lowest BCUT2D eigenvalue weighted by Gasteiger charge is -2.32. The van der Waals surface area contributed by atoms with Crippen molar-refractivity contribution in [3.63, 3.8) is 0 Å². The van der Waals surface area contributed by atoms with Crippen LogP contribution in [0.25, 0.3) is 11.0 Å². The Hall–Kier alpha value is -3.10. The maximum Gasteiger partial charge on any atom is 0.433 e. The SMILES string of the molecule is COc1ccc(CC(=O)N2CCC[C@@H](c3cc4nc(C(F)(F)F)ccc4[nH]3)C2)cc1F. The predicted molar refractivity (Wildman–Crippen MR) is 106 cm³/mol. The molecular weight excluding hydrogens is 414 g/mol. The van der Waals surface area contributed by atoms with E-state index in [0.29, 0.717) is 24.2 Å². The van der Waals surface area contributed by atoms with Gasteiger partial charge in [0, 0.05) is 24.7 Å². The average molecular weight is 435 g/mol. The van der Waals surface area contributed by atoms with Crippen molar-refractivity contribution in [2.75, 3.05) is 20.2 Å². The zero-order chi connectivity index (χ0) is 22.2. The second kappa shape index (κ2) is 8.20. The lowest BCUT2D eigenvalue weighted by Crippen LogP contribution is -2.40. The summed E-state index contributed by atoms with van der Waals surface area (Å²) in [6.45, 7) is 1.03. The third kappa shape index (κ3) is 4.50. The molecule has 0 bridgehead atoms.